The first-order valence-electron chi connectivity index (χ1n) is 8.15. The molecule has 0 aromatic carbocycles. The fraction of sp³-hybridized carbons (Fsp3) is 1.00. The largest absolute Gasteiger partial charge is 0.380 e. The summed E-state index contributed by atoms with van der Waals surface area (Å²) >= 11 is 0. The van der Waals surface area contributed by atoms with E-state index in [1.54, 1.807) is 0 Å². The van der Waals surface area contributed by atoms with Crippen molar-refractivity contribution in [3.05, 3.63) is 0 Å². The lowest BCUT2D eigenvalue weighted by Crippen LogP contribution is -2.27. The number of hydrogen-bond acceptors (Lipinski definition) is 2. The summed E-state index contributed by atoms with van der Waals surface area (Å²) in [5.41, 5.74) is 0. The lowest BCUT2D eigenvalue weighted by Gasteiger charge is -2.17. The Hall–Kier alpha value is -0.0800. The SMILES string of the molecule is CCCCCCCCCCOCCN(CC)CC. The van der Waals surface area contributed by atoms with E-state index in [9.17, 15) is 0 Å². The lowest BCUT2D eigenvalue weighted by atomic mass is 10.1. The van der Waals surface area contributed by atoms with Crippen LogP contribution in [0.4, 0.5) is 0 Å². The number of likely N-dealkylation sites (N-methyl/N-ethyl adjacent to an activating group) is 1. The van der Waals surface area contributed by atoms with Crippen LogP contribution < -0.4 is 0 Å². The molecule has 0 heterocycles. The second-order valence-electron chi connectivity index (χ2n) is 5.11. The van der Waals surface area contributed by atoms with E-state index in [2.05, 4.69) is 25.7 Å². The first-order chi connectivity index (χ1) is 8.85. The summed E-state index contributed by atoms with van der Waals surface area (Å²) in [7, 11) is 0. The molecule has 0 aliphatic rings. The van der Waals surface area contributed by atoms with Crippen LogP contribution in [0.3, 0.4) is 0 Å². The van der Waals surface area contributed by atoms with Gasteiger partial charge in [-0.25, -0.2) is 0 Å². The normalized spacial score (nSPS) is 11.3. The van der Waals surface area contributed by atoms with Crippen LogP contribution in [0.5, 0.6) is 0 Å². The Morgan fingerprint density at radius 1 is 0.667 bits per heavy atom. The standard InChI is InChI=1S/C16H35NO/c1-4-7-8-9-10-11-12-13-15-18-16-14-17(5-2)6-3/h4-16H2,1-3H3. The van der Waals surface area contributed by atoms with Crippen molar-refractivity contribution in [1.29, 1.82) is 0 Å². The maximum atomic E-state index is 5.67. The van der Waals surface area contributed by atoms with Gasteiger partial charge in [0.1, 0.15) is 0 Å². The molecule has 0 aromatic rings. The van der Waals surface area contributed by atoms with Crippen LogP contribution in [0.25, 0.3) is 0 Å². The van der Waals surface area contributed by atoms with Gasteiger partial charge in [-0.15, -0.1) is 0 Å². The minimum atomic E-state index is 0.901. The van der Waals surface area contributed by atoms with Gasteiger partial charge >= 0.3 is 0 Å². The smallest absolute Gasteiger partial charge is 0.0593 e. The van der Waals surface area contributed by atoms with Gasteiger partial charge in [-0.3, -0.25) is 0 Å². The second-order valence-corrected chi connectivity index (χ2v) is 5.11. The molecule has 0 aromatic heterocycles. The van der Waals surface area contributed by atoms with Gasteiger partial charge in [-0.05, 0) is 19.5 Å². The van der Waals surface area contributed by atoms with Gasteiger partial charge in [0, 0.05) is 13.2 Å². The van der Waals surface area contributed by atoms with E-state index >= 15 is 0 Å². The molecule has 0 unspecified atom stereocenters. The first-order valence-corrected chi connectivity index (χ1v) is 8.15. The number of nitrogens with zero attached hydrogens (tertiary/aromatic N) is 1. The van der Waals surface area contributed by atoms with E-state index in [-0.39, 0.29) is 0 Å². The predicted molar refractivity (Wildman–Crippen MR) is 81.2 cm³/mol. The highest BCUT2D eigenvalue weighted by Crippen LogP contribution is 2.08. The fourth-order valence-electron chi connectivity index (χ4n) is 2.17. The minimum absolute atomic E-state index is 0.901. The maximum Gasteiger partial charge on any atom is 0.0593 e. The lowest BCUT2D eigenvalue weighted by molar-refractivity contribution is 0.104. The maximum absolute atomic E-state index is 5.67. The molecule has 0 saturated carbocycles. The molecular formula is C16H35NO. The van der Waals surface area contributed by atoms with E-state index < -0.39 is 0 Å². The number of ether oxygens (including phenoxy) is 1. The van der Waals surface area contributed by atoms with Crippen molar-refractivity contribution >= 4 is 0 Å². The Labute approximate surface area is 115 Å². The predicted octanol–water partition coefficient (Wildman–Crippen LogP) is 4.49. The van der Waals surface area contributed by atoms with Crippen molar-refractivity contribution in [2.75, 3.05) is 32.8 Å². The van der Waals surface area contributed by atoms with Crippen LogP contribution in [0.1, 0.15) is 72.1 Å². The Balaban J connectivity index is 3.03. The molecule has 0 rings (SSSR count). The zero-order valence-electron chi connectivity index (χ0n) is 13.0. The summed E-state index contributed by atoms with van der Waals surface area (Å²) in [6.07, 6.45) is 11.0. The quantitative estimate of drug-likeness (QED) is 0.425. The molecule has 0 saturated heterocycles. The molecule has 0 spiro atoms. The molecule has 2 nitrogen and oxygen atoms in total. The Kier molecular flexibility index (Phi) is 14.9. The van der Waals surface area contributed by atoms with E-state index in [0.29, 0.717) is 0 Å². The van der Waals surface area contributed by atoms with Gasteiger partial charge < -0.3 is 9.64 Å². The molecule has 0 radical (unpaired) electrons. The van der Waals surface area contributed by atoms with Crippen LogP contribution in [0, 0.1) is 0 Å². The average Bonchev–Trinajstić information content (AvgIpc) is 2.40. The molecule has 18 heavy (non-hydrogen) atoms. The van der Waals surface area contributed by atoms with Crippen LogP contribution in [-0.2, 0) is 4.74 Å². The number of rotatable bonds is 14. The molecule has 0 fully saturated rings. The highest BCUT2D eigenvalue weighted by molar-refractivity contribution is 4.50. The molecule has 0 aliphatic carbocycles. The van der Waals surface area contributed by atoms with E-state index in [1.807, 2.05) is 0 Å². The summed E-state index contributed by atoms with van der Waals surface area (Å²) < 4.78 is 5.67. The average molecular weight is 257 g/mol. The zero-order chi connectivity index (χ0) is 13.5. The van der Waals surface area contributed by atoms with Gasteiger partial charge in [0.05, 0.1) is 6.61 Å². The fourth-order valence-corrected chi connectivity index (χ4v) is 2.17. The second kappa shape index (κ2) is 15.0. The molecule has 0 amide bonds. The highest BCUT2D eigenvalue weighted by atomic mass is 16.5. The number of hydrogen-bond donors (Lipinski definition) is 0. The molecule has 2 heteroatoms. The van der Waals surface area contributed by atoms with Gasteiger partial charge in [-0.1, -0.05) is 65.7 Å². The van der Waals surface area contributed by atoms with E-state index in [0.717, 1.165) is 32.8 Å². The molecular weight excluding hydrogens is 222 g/mol. The third-order valence-electron chi connectivity index (χ3n) is 3.59. The van der Waals surface area contributed by atoms with Gasteiger partial charge in [0.25, 0.3) is 0 Å². The zero-order valence-corrected chi connectivity index (χ0v) is 13.0. The van der Waals surface area contributed by atoms with Crippen molar-refractivity contribution in [2.45, 2.75) is 72.1 Å². The van der Waals surface area contributed by atoms with Crippen LogP contribution in [-0.4, -0.2) is 37.7 Å². The van der Waals surface area contributed by atoms with Gasteiger partial charge in [0.15, 0.2) is 0 Å². The summed E-state index contributed by atoms with van der Waals surface area (Å²) in [5, 5.41) is 0. The Bertz CT molecular complexity index is 146. The monoisotopic (exact) mass is 257 g/mol. The third kappa shape index (κ3) is 12.4. The molecule has 110 valence electrons. The molecule has 0 atom stereocenters. The number of unbranched alkanes of at least 4 members (excludes halogenated alkanes) is 7. The van der Waals surface area contributed by atoms with Crippen molar-refractivity contribution in [3.63, 3.8) is 0 Å². The van der Waals surface area contributed by atoms with Crippen LogP contribution in [0.15, 0.2) is 0 Å². The van der Waals surface area contributed by atoms with Crippen molar-refractivity contribution < 1.29 is 4.74 Å². The Morgan fingerprint density at radius 3 is 1.78 bits per heavy atom. The Morgan fingerprint density at radius 2 is 1.22 bits per heavy atom. The molecule has 0 N–H and O–H groups in total. The van der Waals surface area contributed by atoms with Crippen molar-refractivity contribution in [2.24, 2.45) is 0 Å². The molecule has 0 aliphatic heterocycles. The third-order valence-corrected chi connectivity index (χ3v) is 3.59. The highest BCUT2D eigenvalue weighted by Gasteiger charge is 1.98. The van der Waals surface area contributed by atoms with Crippen molar-refractivity contribution in [1.82, 2.24) is 4.90 Å². The summed E-state index contributed by atoms with van der Waals surface area (Å²) in [6, 6.07) is 0. The minimum Gasteiger partial charge on any atom is -0.380 e. The van der Waals surface area contributed by atoms with Crippen molar-refractivity contribution in [3.8, 4) is 0 Å². The van der Waals surface area contributed by atoms with Crippen LogP contribution >= 0.6 is 0 Å². The summed E-state index contributed by atoms with van der Waals surface area (Å²) in [4.78, 5) is 2.41. The van der Waals surface area contributed by atoms with E-state index in [4.69, 9.17) is 4.74 Å². The molecule has 0 bridgehead atoms. The summed E-state index contributed by atoms with van der Waals surface area (Å²) in [6.45, 7) is 11.9. The van der Waals surface area contributed by atoms with Gasteiger partial charge in [0.2, 0.25) is 0 Å². The topological polar surface area (TPSA) is 12.5 Å². The summed E-state index contributed by atoms with van der Waals surface area (Å²) in [5.74, 6) is 0. The van der Waals surface area contributed by atoms with Crippen LogP contribution in [0.2, 0.25) is 0 Å². The van der Waals surface area contributed by atoms with E-state index in [1.165, 1.54) is 51.4 Å². The first kappa shape index (κ1) is 17.9. The van der Waals surface area contributed by atoms with Gasteiger partial charge in [-0.2, -0.15) is 0 Å².